The van der Waals surface area contributed by atoms with E-state index in [0.717, 1.165) is 5.56 Å². The number of carbonyl (C=O) groups is 1. The second-order valence-corrected chi connectivity index (χ2v) is 5.84. The average molecular weight is 285 g/mol. The molecule has 0 aliphatic heterocycles. The van der Waals surface area contributed by atoms with E-state index in [1.165, 1.54) is 11.6 Å². The number of rotatable bonds is 3. The summed E-state index contributed by atoms with van der Waals surface area (Å²) in [5.74, 6) is -0.182. The van der Waals surface area contributed by atoms with E-state index >= 15 is 0 Å². The van der Waals surface area contributed by atoms with Gasteiger partial charge < -0.3 is 10.4 Å². The van der Waals surface area contributed by atoms with Gasteiger partial charge in [-0.1, -0.05) is 45.0 Å². The average Bonchev–Trinajstić information content (AvgIpc) is 2.46. The molecule has 5 heteroatoms. The molecule has 1 heterocycles. The molecule has 0 radical (unpaired) electrons. The second kappa shape index (κ2) is 5.52. The summed E-state index contributed by atoms with van der Waals surface area (Å²) in [7, 11) is 1.69. The highest BCUT2D eigenvalue weighted by Gasteiger charge is 2.15. The highest BCUT2D eigenvalue weighted by atomic mass is 16.4. The van der Waals surface area contributed by atoms with Crippen LogP contribution in [0.15, 0.2) is 30.3 Å². The standard InChI is InChI=1S/C16H19N3O2/c1-16(2,3)11-7-5-10(6-8-11)14-18-12(15(20)21)9-13(17-4)19-14/h5-9H,1-4H3,(H,20,21)(H,17,18,19). The SMILES string of the molecule is CNc1cc(C(=O)O)nc(-c2ccc(C(C)(C)C)cc2)n1. The van der Waals surface area contributed by atoms with Crippen molar-refractivity contribution in [2.24, 2.45) is 0 Å². The van der Waals surface area contributed by atoms with E-state index in [-0.39, 0.29) is 11.1 Å². The number of nitrogens with zero attached hydrogens (tertiary/aromatic N) is 2. The predicted molar refractivity (Wildman–Crippen MR) is 82.7 cm³/mol. The minimum atomic E-state index is -1.07. The highest BCUT2D eigenvalue weighted by molar-refractivity contribution is 5.86. The van der Waals surface area contributed by atoms with Gasteiger partial charge in [-0.2, -0.15) is 0 Å². The van der Waals surface area contributed by atoms with Crippen molar-refractivity contribution in [1.29, 1.82) is 0 Å². The molecule has 1 aromatic carbocycles. The second-order valence-electron chi connectivity index (χ2n) is 5.84. The largest absolute Gasteiger partial charge is 0.477 e. The zero-order valence-corrected chi connectivity index (χ0v) is 12.6. The zero-order valence-electron chi connectivity index (χ0n) is 12.6. The van der Waals surface area contributed by atoms with Crippen LogP contribution in [0.25, 0.3) is 11.4 Å². The molecule has 5 nitrogen and oxygen atoms in total. The van der Waals surface area contributed by atoms with Crippen molar-refractivity contribution in [3.8, 4) is 11.4 Å². The fourth-order valence-electron chi connectivity index (χ4n) is 1.93. The van der Waals surface area contributed by atoms with E-state index in [0.29, 0.717) is 11.6 Å². The topological polar surface area (TPSA) is 75.1 Å². The van der Waals surface area contributed by atoms with Gasteiger partial charge in [-0.3, -0.25) is 0 Å². The van der Waals surface area contributed by atoms with Crippen LogP contribution in [0.4, 0.5) is 5.82 Å². The van der Waals surface area contributed by atoms with E-state index < -0.39 is 5.97 Å². The van der Waals surface area contributed by atoms with Gasteiger partial charge in [0.1, 0.15) is 5.82 Å². The highest BCUT2D eigenvalue weighted by Crippen LogP contribution is 2.25. The van der Waals surface area contributed by atoms with Crippen molar-refractivity contribution < 1.29 is 9.90 Å². The Bertz CT molecular complexity index is 658. The van der Waals surface area contributed by atoms with Crippen molar-refractivity contribution in [1.82, 2.24) is 9.97 Å². The predicted octanol–water partition coefficient (Wildman–Crippen LogP) is 3.18. The number of carboxylic acid groups (broad SMARTS) is 1. The fourth-order valence-corrected chi connectivity index (χ4v) is 1.93. The lowest BCUT2D eigenvalue weighted by atomic mass is 9.87. The van der Waals surface area contributed by atoms with Gasteiger partial charge in [0, 0.05) is 18.7 Å². The Labute approximate surface area is 124 Å². The molecule has 0 saturated heterocycles. The van der Waals surface area contributed by atoms with Crippen LogP contribution >= 0.6 is 0 Å². The van der Waals surface area contributed by atoms with Crippen molar-refractivity contribution in [2.45, 2.75) is 26.2 Å². The molecule has 2 rings (SSSR count). The molecule has 0 aliphatic rings. The van der Waals surface area contributed by atoms with Crippen LogP contribution < -0.4 is 5.32 Å². The number of aromatic nitrogens is 2. The van der Waals surface area contributed by atoms with Crippen molar-refractivity contribution >= 4 is 11.8 Å². The summed E-state index contributed by atoms with van der Waals surface area (Å²) in [5, 5.41) is 12.0. The Hall–Kier alpha value is -2.43. The third-order valence-corrected chi connectivity index (χ3v) is 3.21. The number of hydrogen-bond donors (Lipinski definition) is 2. The summed E-state index contributed by atoms with van der Waals surface area (Å²) < 4.78 is 0. The number of anilines is 1. The summed E-state index contributed by atoms with van der Waals surface area (Å²) in [6, 6.07) is 9.29. The minimum absolute atomic E-state index is 0.0238. The molecule has 0 aliphatic carbocycles. The maximum atomic E-state index is 11.1. The zero-order chi connectivity index (χ0) is 15.6. The van der Waals surface area contributed by atoms with Crippen molar-refractivity contribution in [2.75, 3.05) is 12.4 Å². The smallest absolute Gasteiger partial charge is 0.354 e. The third-order valence-electron chi connectivity index (χ3n) is 3.21. The first-order valence-electron chi connectivity index (χ1n) is 6.72. The first-order valence-corrected chi connectivity index (χ1v) is 6.72. The molecule has 0 spiro atoms. The third kappa shape index (κ3) is 3.37. The molecule has 2 aromatic rings. The van der Waals surface area contributed by atoms with Crippen molar-refractivity contribution in [3.05, 3.63) is 41.6 Å². The van der Waals surface area contributed by atoms with E-state index in [4.69, 9.17) is 5.11 Å². The Balaban J connectivity index is 2.46. The Morgan fingerprint density at radius 2 is 1.76 bits per heavy atom. The van der Waals surface area contributed by atoms with E-state index in [1.54, 1.807) is 7.05 Å². The van der Waals surface area contributed by atoms with E-state index in [2.05, 4.69) is 36.1 Å². The van der Waals surface area contributed by atoms with Crippen LogP contribution in [0.2, 0.25) is 0 Å². The maximum absolute atomic E-state index is 11.1. The molecule has 0 atom stereocenters. The monoisotopic (exact) mass is 285 g/mol. The lowest BCUT2D eigenvalue weighted by molar-refractivity contribution is 0.0690. The summed E-state index contributed by atoms with van der Waals surface area (Å²) in [6.07, 6.45) is 0. The van der Waals surface area contributed by atoms with Gasteiger partial charge in [-0.05, 0) is 11.0 Å². The molecule has 0 amide bonds. The van der Waals surface area contributed by atoms with Gasteiger partial charge in [-0.25, -0.2) is 14.8 Å². The van der Waals surface area contributed by atoms with Gasteiger partial charge in [-0.15, -0.1) is 0 Å². The molecule has 110 valence electrons. The van der Waals surface area contributed by atoms with Crippen LogP contribution in [0, 0.1) is 0 Å². The lowest BCUT2D eigenvalue weighted by Crippen LogP contribution is -2.10. The first-order chi connectivity index (χ1) is 9.81. The summed E-state index contributed by atoms with van der Waals surface area (Å²) >= 11 is 0. The molecule has 21 heavy (non-hydrogen) atoms. The van der Waals surface area contributed by atoms with Crippen LogP contribution in [-0.4, -0.2) is 28.1 Å². The maximum Gasteiger partial charge on any atom is 0.354 e. The molecule has 0 saturated carbocycles. The van der Waals surface area contributed by atoms with Crippen LogP contribution in [0.5, 0.6) is 0 Å². The lowest BCUT2D eigenvalue weighted by Gasteiger charge is -2.19. The number of carboxylic acids is 1. The normalized spacial score (nSPS) is 11.2. The van der Waals surface area contributed by atoms with Gasteiger partial charge >= 0.3 is 5.97 Å². The summed E-state index contributed by atoms with van der Waals surface area (Å²) in [5.41, 5.74) is 2.04. The molecule has 0 bridgehead atoms. The van der Waals surface area contributed by atoms with Gasteiger partial charge in [0.25, 0.3) is 0 Å². The quantitative estimate of drug-likeness (QED) is 0.906. The van der Waals surface area contributed by atoms with Crippen LogP contribution in [0.1, 0.15) is 36.8 Å². The molecular weight excluding hydrogens is 266 g/mol. The molecule has 0 unspecified atom stereocenters. The van der Waals surface area contributed by atoms with E-state index in [9.17, 15) is 4.79 Å². The van der Waals surface area contributed by atoms with Gasteiger partial charge in [0.05, 0.1) is 0 Å². The number of nitrogens with one attached hydrogen (secondary N) is 1. The summed E-state index contributed by atoms with van der Waals surface area (Å²) in [4.78, 5) is 19.5. The Kier molecular flexibility index (Phi) is 3.93. The van der Waals surface area contributed by atoms with Gasteiger partial charge in [0.15, 0.2) is 11.5 Å². The van der Waals surface area contributed by atoms with Gasteiger partial charge in [0.2, 0.25) is 0 Å². The number of hydrogen-bond acceptors (Lipinski definition) is 4. The molecule has 1 aromatic heterocycles. The number of aromatic carboxylic acids is 1. The van der Waals surface area contributed by atoms with Crippen LogP contribution in [-0.2, 0) is 5.41 Å². The van der Waals surface area contributed by atoms with Crippen molar-refractivity contribution in [3.63, 3.8) is 0 Å². The fraction of sp³-hybridized carbons (Fsp3) is 0.312. The Morgan fingerprint density at radius 1 is 1.14 bits per heavy atom. The first kappa shape index (κ1) is 15.0. The Morgan fingerprint density at radius 3 is 2.24 bits per heavy atom. The van der Waals surface area contributed by atoms with E-state index in [1.807, 2.05) is 24.3 Å². The summed E-state index contributed by atoms with van der Waals surface area (Å²) in [6.45, 7) is 6.42. The molecular formula is C16H19N3O2. The number of benzene rings is 1. The molecule has 2 N–H and O–H groups in total. The minimum Gasteiger partial charge on any atom is -0.477 e. The van der Waals surface area contributed by atoms with Crippen LogP contribution in [0.3, 0.4) is 0 Å². The molecule has 0 fully saturated rings.